The second-order valence-corrected chi connectivity index (χ2v) is 11.3. The van der Waals surface area contributed by atoms with E-state index < -0.39 is 0 Å². The monoisotopic (exact) mass is 586 g/mol. The summed E-state index contributed by atoms with van der Waals surface area (Å²) in [4.78, 5) is 30.7. The number of halogens is 1. The minimum atomic E-state index is -0.379. The number of carbonyl (C=O) groups excluding carboxylic acids is 2. The van der Waals surface area contributed by atoms with E-state index in [0.717, 1.165) is 29.5 Å². The standard InChI is InChI=1S/C32H31FN4O4S/c1-40-25-15-10-22(18-26(25)41-2)31-29-30(21-8-4-3-5-9-21)34-37(24-13-11-23(33)12-14-24)32(29)36(28(39)20-42-31)19-27(38)35-16-6-7-17-35/h3-5,8-15,18,31H,6-7,16-17,19-20H2,1-2H3/t31-/m0/s1. The summed E-state index contributed by atoms with van der Waals surface area (Å²) < 4.78 is 26.8. The number of nitrogens with zero attached hydrogens (tertiary/aromatic N) is 4. The van der Waals surface area contributed by atoms with E-state index in [4.69, 9.17) is 14.6 Å². The number of methoxy groups -OCH3 is 2. The molecule has 3 aromatic carbocycles. The molecule has 0 saturated carbocycles. The number of rotatable bonds is 7. The molecule has 0 N–H and O–H groups in total. The smallest absolute Gasteiger partial charge is 0.242 e. The van der Waals surface area contributed by atoms with Crippen LogP contribution in [0.1, 0.15) is 29.2 Å². The molecule has 1 atom stereocenters. The molecule has 10 heteroatoms. The molecule has 0 unspecified atom stereocenters. The fraction of sp³-hybridized carbons (Fsp3) is 0.281. The number of likely N-dealkylation sites (tertiary alicyclic amines) is 1. The first-order valence-corrected chi connectivity index (χ1v) is 14.9. The molecular weight excluding hydrogens is 555 g/mol. The molecule has 0 bridgehead atoms. The van der Waals surface area contributed by atoms with Crippen LogP contribution < -0.4 is 14.4 Å². The van der Waals surface area contributed by atoms with Gasteiger partial charge >= 0.3 is 0 Å². The minimum absolute atomic E-state index is 0.102. The van der Waals surface area contributed by atoms with Gasteiger partial charge in [-0.1, -0.05) is 36.4 Å². The number of hydrogen-bond acceptors (Lipinski definition) is 6. The van der Waals surface area contributed by atoms with E-state index in [2.05, 4.69) is 0 Å². The van der Waals surface area contributed by atoms with Crippen molar-refractivity contribution in [2.75, 3.05) is 44.5 Å². The Morgan fingerprint density at radius 3 is 2.38 bits per heavy atom. The summed E-state index contributed by atoms with van der Waals surface area (Å²) in [6.45, 7) is 1.26. The topological polar surface area (TPSA) is 76.9 Å². The predicted octanol–water partition coefficient (Wildman–Crippen LogP) is 5.49. The van der Waals surface area contributed by atoms with Gasteiger partial charge in [-0.05, 0) is 54.8 Å². The maximum absolute atomic E-state index is 14.0. The Bertz CT molecular complexity index is 1600. The Morgan fingerprint density at radius 1 is 0.976 bits per heavy atom. The molecule has 1 aromatic heterocycles. The maximum Gasteiger partial charge on any atom is 0.242 e. The van der Waals surface area contributed by atoms with Crippen LogP contribution in [0.4, 0.5) is 10.2 Å². The van der Waals surface area contributed by atoms with Gasteiger partial charge in [0, 0.05) is 24.2 Å². The third-order valence-corrected chi connectivity index (χ3v) is 8.92. The lowest BCUT2D eigenvalue weighted by molar-refractivity contribution is -0.130. The molecule has 216 valence electrons. The molecular formula is C32H31FN4O4S. The van der Waals surface area contributed by atoms with Crippen molar-refractivity contribution in [2.45, 2.75) is 18.1 Å². The first kappa shape index (κ1) is 27.8. The molecule has 6 rings (SSSR count). The van der Waals surface area contributed by atoms with Crippen LogP contribution in [0.2, 0.25) is 0 Å². The van der Waals surface area contributed by atoms with E-state index in [-0.39, 0.29) is 35.2 Å². The van der Waals surface area contributed by atoms with Crippen molar-refractivity contribution >= 4 is 29.4 Å². The molecule has 1 fully saturated rings. The number of benzene rings is 3. The van der Waals surface area contributed by atoms with Crippen LogP contribution in [0.15, 0.2) is 72.8 Å². The van der Waals surface area contributed by atoms with Gasteiger partial charge in [0.2, 0.25) is 11.8 Å². The van der Waals surface area contributed by atoms with Gasteiger partial charge in [-0.15, -0.1) is 11.8 Å². The summed E-state index contributed by atoms with van der Waals surface area (Å²) in [5, 5.41) is 4.72. The second kappa shape index (κ2) is 11.9. The number of ether oxygens (including phenoxy) is 2. The lowest BCUT2D eigenvalue weighted by Crippen LogP contribution is -2.43. The Hall–Kier alpha value is -4.31. The molecule has 8 nitrogen and oxygen atoms in total. The highest BCUT2D eigenvalue weighted by atomic mass is 32.2. The van der Waals surface area contributed by atoms with Crippen molar-refractivity contribution in [3.05, 3.63) is 89.7 Å². The molecule has 0 radical (unpaired) electrons. The Kier molecular flexibility index (Phi) is 7.88. The molecule has 1 saturated heterocycles. The number of carbonyl (C=O) groups is 2. The largest absolute Gasteiger partial charge is 0.493 e. The molecule has 42 heavy (non-hydrogen) atoms. The number of fused-ring (bicyclic) bond motifs is 1. The fourth-order valence-electron chi connectivity index (χ4n) is 5.57. The fourth-order valence-corrected chi connectivity index (χ4v) is 6.76. The highest BCUT2D eigenvalue weighted by Gasteiger charge is 2.38. The lowest BCUT2D eigenvalue weighted by atomic mass is 9.99. The summed E-state index contributed by atoms with van der Waals surface area (Å²) >= 11 is 1.48. The first-order chi connectivity index (χ1) is 20.5. The quantitative estimate of drug-likeness (QED) is 0.285. The van der Waals surface area contributed by atoms with E-state index in [1.807, 2.05) is 53.4 Å². The van der Waals surface area contributed by atoms with Crippen LogP contribution in [0.3, 0.4) is 0 Å². The lowest BCUT2D eigenvalue weighted by Gasteiger charge is -2.25. The zero-order valence-electron chi connectivity index (χ0n) is 23.5. The van der Waals surface area contributed by atoms with E-state index in [1.54, 1.807) is 35.9 Å². The number of anilines is 1. The first-order valence-electron chi connectivity index (χ1n) is 13.8. The molecule has 4 aromatic rings. The number of thioether (sulfide) groups is 1. The summed E-state index contributed by atoms with van der Waals surface area (Å²) in [5.74, 6) is 1.15. The average molecular weight is 587 g/mol. The molecule has 0 aliphatic carbocycles. The van der Waals surface area contributed by atoms with Crippen LogP contribution in [-0.2, 0) is 9.59 Å². The number of hydrogen-bond donors (Lipinski definition) is 0. The van der Waals surface area contributed by atoms with Crippen LogP contribution in [-0.4, -0.2) is 66.1 Å². The van der Waals surface area contributed by atoms with Gasteiger partial charge in [-0.3, -0.25) is 14.5 Å². The molecule has 2 aliphatic rings. The molecule has 3 heterocycles. The Balaban J connectivity index is 1.60. The highest BCUT2D eigenvalue weighted by Crippen LogP contribution is 2.49. The van der Waals surface area contributed by atoms with Gasteiger partial charge in [0.15, 0.2) is 11.5 Å². The van der Waals surface area contributed by atoms with Crippen LogP contribution >= 0.6 is 11.8 Å². The molecule has 2 aliphatic heterocycles. The third-order valence-electron chi connectivity index (χ3n) is 7.67. The average Bonchev–Trinajstić information content (AvgIpc) is 3.67. The third kappa shape index (κ3) is 5.22. The van der Waals surface area contributed by atoms with Crippen LogP contribution in [0.25, 0.3) is 16.9 Å². The van der Waals surface area contributed by atoms with Gasteiger partial charge in [-0.25, -0.2) is 9.07 Å². The van der Waals surface area contributed by atoms with E-state index in [0.29, 0.717) is 41.8 Å². The van der Waals surface area contributed by atoms with E-state index in [1.165, 1.54) is 23.9 Å². The van der Waals surface area contributed by atoms with Crippen LogP contribution in [0, 0.1) is 5.82 Å². The molecule has 0 spiro atoms. The van der Waals surface area contributed by atoms with Gasteiger partial charge in [-0.2, -0.15) is 5.10 Å². The number of aromatic nitrogens is 2. The summed E-state index contributed by atoms with van der Waals surface area (Å²) in [6.07, 6.45) is 1.90. The Morgan fingerprint density at radius 2 is 1.69 bits per heavy atom. The van der Waals surface area contributed by atoms with E-state index >= 15 is 0 Å². The number of amides is 2. The Labute approximate surface area is 248 Å². The SMILES string of the molecule is COc1ccc([C@@H]2SCC(=O)N(CC(=O)N3CCCC3)c3c2c(-c2ccccc2)nn3-c2ccc(F)cc2)cc1OC. The van der Waals surface area contributed by atoms with Crippen molar-refractivity contribution in [1.29, 1.82) is 0 Å². The van der Waals surface area contributed by atoms with E-state index in [9.17, 15) is 14.0 Å². The van der Waals surface area contributed by atoms with Crippen molar-refractivity contribution in [1.82, 2.24) is 14.7 Å². The van der Waals surface area contributed by atoms with Gasteiger partial charge in [0.25, 0.3) is 0 Å². The summed E-state index contributed by atoms with van der Waals surface area (Å²) in [6, 6.07) is 21.5. The zero-order valence-corrected chi connectivity index (χ0v) is 24.3. The van der Waals surface area contributed by atoms with Crippen molar-refractivity contribution in [3.63, 3.8) is 0 Å². The van der Waals surface area contributed by atoms with Crippen LogP contribution in [0.5, 0.6) is 11.5 Å². The van der Waals surface area contributed by atoms with Gasteiger partial charge in [0.1, 0.15) is 18.2 Å². The van der Waals surface area contributed by atoms with Gasteiger partial charge < -0.3 is 14.4 Å². The summed E-state index contributed by atoms with van der Waals surface area (Å²) in [7, 11) is 3.18. The maximum atomic E-state index is 14.0. The highest BCUT2D eigenvalue weighted by molar-refractivity contribution is 8.00. The summed E-state index contributed by atoms with van der Waals surface area (Å²) in [5.41, 5.74) is 3.81. The zero-order chi connectivity index (χ0) is 29.2. The predicted molar refractivity (Wildman–Crippen MR) is 161 cm³/mol. The van der Waals surface area contributed by atoms with Crippen molar-refractivity contribution < 1.29 is 23.5 Å². The van der Waals surface area contributed by atoms with Crippen molar-refractivity contribution in [2.24, 2.45) is 0 Å². The normalized spacial score (nSPS) is 16.7. The molecule has 2 amide bonds. The van der Waals surface area contributed by atoms with Crippen molar-refractivity contribution in [3.8, 4) is 28.4 Å². The van der Waals surface area contributed by atoms with Gasteiger partial charge in [0.05, 0.1) is 36.6 Å². The minimum Gasteiger partial charge on any atom is -0.493 e. The second-order valence-electron chi connectivity index (χ2n) is 10.2.